The second-order valence-corrected chi connectivity index (χ2v) is 5.54. The van der Waals surface area contributed by atoms with E-state index in [1.165, 1.54) is 11.3 Å². The van der Waals surface area contributed by atoms with E-state index in [2.05, 4.69) is 5.32 Å². The number of nitrogens with one attached hydrogen (secondary N) is 1. The minimum absolute atomic E-state index is 0.0807. The summed E-state index contributed by atoms with van der Waals surface area (Å²) in [6.45, 7) is 3.00. The Kier molecular flexibility index (Phi) is 3.98. The zero-order valence-corrected chi connectivity index (χ0v) is 10.9. The van der Waals surface area contributed by atoms with E-state index in [0.29, 0.717) is 31.1 Å². The Bertz CT molecular complexity index is 463. The van der Waals surface area contributed by atoms with Crippen molar-refractivity contribution >= 4 is 28.2 Å². The van der Waals surface area contributed by atoms with Crippen LogP contribution in [-0.4, -0.2) is 30.2 Å². The largest absolute Gasteiger partial charge is 0.478 e. The van der Waals surface area contributed by atoms with Crippen LogP contribution in [0.2, 0.25) is 0 Å². The highest BCUT2D eigenvalue weighted by atomic mass is 32.1. The molecular formula is C12H15NO4S. The Morgan fingerprint density at radius 1 is 1.44 bits per heavy atom. The van der Waals surface area contributed by atoms with Gasteiger partial charge in [0.15, 0.2) is 0 Å². The third-order valence-corrected chi connectivity index (χ3v) is 3.88. The quantitative estimate of drug-likeness (QED) is 0.881. The van der Waals surface area contributed by atoms with E-state index >= 15 is 0 Å². The van der Waals surface area contributed by atoms with E-state index in [0.717, 1.165) is 4.88 Å². The first-order valence-electron chi connectivity index (χ1n) is 5.80. The van der Waals surface area contributed by atoms with Crippen LogP contribution in [-0.2, 0) is 9.53 Å². The Balaban J connectivity index is 2.08. The van der Waals surface area contributed by atoms with Crippen LogP contribution < -0.4 is 5.32 Å². The molecule has 0 radical (unpaired) electrons. The summed E-state index contributed by atoms with van der Waals surface area (Å²) in [5, 5.41) is 12.2. The molecule has 5 nitrogen and oxygen atoms in total. The van der Waals surface area contributed by atoms with Gasteiger partial charge < -0.3 is 15.2 Å². The Hall–Kier alpha value is -1.40. The highest BCUT2D eigenvalue weighted by Crippen LogP contribution is 2.28. The lowest BCUT2D eigenvalue weighted by Gasteiger charge is -2.20. The molecule has 0 saturated carbocycles. The fraction of sp³-hybridized carbons (Fsp3) is 0.500. The summed E-state index contributed by atoms with van der Waals surface area (Å²) in [5.74, 6) is -1.20. The third-order valence-electron chi connectivity index (χ3n) is 2.91. The first-order chi connectivity index (χ1) is 8.58. The number of carbonyl (C=O) groups is 2. The van der Waals surface area contributed by atoms with E-state index in [1.54, 1.807) is 6.07 Å². The summed E-state index contributed by atoms with van der Waals surface area (Å²) >= 11 is 1.29. The van der Waals surface area contributed by atoms with Gasteiger partial charge >= 0.3 is 5.97 Å². The molecule has 0 atom stereocenters. The number of hydrogen-bond acceptors (Lipinski definition) is 4. The normalized spacial score (nSPS) is 16.5. The average Bonchev–Trinajstić information content (AvgIpc) is 2.71. The molecule has 1 amide bonds. The molecule has 2 N–H and O–H groups in total. The van der Waals surface area contributed by atoms with Crippen LogP contribution in [0.5, 0.6) is 0 Å². The minimum Gasteiger partial charge on any atom is -0.478 e. The van der Waals surface area contributed by atoms with Crippen LogP contribution in [0.3, 0.4) is 0 Å². The Morgan fingerprint density at radius 2 is 2.11 bits per heavy atom. The Morgan fingerprint density at radius 3 is 2.72 bits per heavy atom. The molecule has 0 aliphatic carbocycles. The van der Waals surface area contributed by atoms with Crippen molar-refractivity contribution in [1.29, 1.82) is 0 Å². The maximum Gasteiger partial charge on any atom is 0.338 e. The molecule has 1 aromatic rings. The number of rotatable bonds is 3. The van der Waals surface area contributed by atoms with Crippen molar-refractivity contribution in [1.82, 2.24) is 0 Å². The molecule has 2 heterocycles. The number of carboxylic acids is 1. The van der Waals surface area contributed by atoms with Gasteiger partial charge in [0.25, 0.3) is 0 Å². The van der Waals surface area contributed by atoms with Gasteiger partial charge in [-0.3, -0.25) is 4.79 Å². The van der Waals surface area contributed by atoms with Gasteiger partial charge in [-0.2, -0.15) is 0 Å². The number of carboxylic acid groups (broad SMARTS) is 1. The first kappa shape index (κ1) is 13.0. The van der Waals surface area contributed by atoms with E-state index < -0.39 is 5.97 Å². The van der Waals surface area contributed by atoms with Gasteiger partial charge in [0.05, 0.1) is 5.56 Å². The van der Waals surface area contributed by atoms with Gasteiger partial charge in [-0.25, -0.2) is 4.79 Å². The maximum atomic E-state index is 12.0. The van der Waals surface area contributed by atoms with E-state index in [4.69, 9.17) is 9.84 Å². The molecule has 0 spiro atoms. The minimum atomic E-state index is -1.01. The lowest BCUT2D eigenvalue weighted by molar-refractivity contribution is -0.122. The van der Waals surface area contributed by atoms with Crippen molar-refractivity contribution in [3.05, 3.63) is 16.5 Å². The maximum absolute atomic E-state index is 12.0. The van der Waals surface area contributed by atoms with Crippen LogP contribution in [0.15, 0.2) is 6.07 Å². The van der Waals surface area contributed by atoms with Crippen LogP contribution in [0.25, 0.3) is 0 Å². The number of anilines is 1. The number of ether oxygens (including phenoxy) is 1. The van der Waals surface area contributed by atoms with Crippen molar-refractivity contribution in [2.24, 2.45) is 5.92 Å². The fourth-order valence-electron chi connectivity index (χ4n) is 1.94. The monoisotopic (exact) mass is 269 g/mol. The molecule has 1 aliphatic rings. The summed E-state index contributed by atoms with van der Waals surface area (Å²) in [6, 6.07) is 1.58. The molecule has 98 valence electrons. The molecule has 0 unspecified atom stereocenters. The predicted octanol–water partition coefficient (Wildman–Crippen LogP) is 2.12. The van der Waals surface area contributed by atoms with E-state index in [1.807, 2.05) is 6.92 Å². The standard InChI is InChI=1S/C12H15NO4S/c1-7-6-9(12(15)16)11(18-7)13-10(14)8-2-4-17-5-3-8/h6,8H,2-5H2,1H3,(H,13,14)(H,15,16). The van der Waals surface area contributed by atoms with Gasteiger partial charge in [0.1, 0.15) is 5.00 Å². The van der Waals surface area contributed by atoms with Gasteiger partial charge in [-0.15, -0.1) is 11.3 Å². The molecule has 0 aromatic carbocycles. The molecule has 2 rings (SSSR count). The zero-order chi connectivity index (χ0) is 13.1. The first-order valence-corrected chi connectivity index (χ1v) is 6.62. The van der Waals surface area contributed by atoms with Crippen molar-refractivity contribution in [3.63, 3.8) is 0 Å². The number of aromatic carboxylic acids is 1. The van der Waals surface area contributed by atoms with Crippen LogP contribution in [0.4, 0.5) is 5.00 Å². The second-order valence-electron chi connectivity index (χ2n) is 4.28. The number of hydrogen-bond donors (Lipinski definition) is 2. The van der Waals surface area contributed by atoms with Gasteiger partial charge in [-0.05, 0) is 25.8 Å². The number of aryl methyl sites for hydroxylation is 1. The van der Waals surface area contributed by atoms with Crippen molar-refractivity contribution in [2.75, 3.05) is 18.5 Å². The molecule has 0 bridgehead atoms. The van der Waals surface area contributed by atoms with Crippen LogP contribution in [0, 0.1) is 12.8 Å². The number of thiophene rings is 1. The highest BCUT2D eigenvalue weighted by molar-refractivity contribution is 7.16. The molecule has 1 saturated heterocycles. The summed E-state index contributed by atoms with van der Waals surface area (Å²) in [5.41, 5.74) is 0.165. The van der Waals surface area contributed by atoms with Gasteiger partial charge in [-0.1, -0.05) is 0 Å². The molecule has 1 aromatic heterocycles. The van der Waals surface area contributed by atoms with Crippen LogP contribution >= 0.6 is 11.3 Å². The van der Waals surface area contributed by atoms with Crippen molar-refractivity contribution in [2.45, 2.75) is 19.8 Å². The van der Waals surface area contributed by atoms with Crippen molar-refractivity contribution in [3.8, 4) is 0 Å². The molecular weight excluding hydrogens is 254 g/mol. The predicted molar refractivity (Wildman–Crippen MR) is 68.2 cm³/mol. The number of amides is 1. The zero-order valence-electron chi connectivity index (χ0n) is 10.1. The third kappa shape index (κ3) is 2.88. The summed E-state index contributed by atoms with van der Waals surface area (Å²) < 4.78 is 5.19. The Labute approximate surface area is 109 Å². The summed E-state index contributed by atoms with van der Waals surface area (Å²) in [4.78, 5) is 23.9. The van der Waals surface area contributed by atoms with E-state index in [-0.39, 0.29) is 17.4 Å². The topological polar surface area (TPSA) is 75.6 Å². The van der Waals surface area contributed by atoms with E-state index in [9.17, 15) is 9.59 Å². The average molecular weight is 269 g/mol. The molecule has 1 aliphatic heterocycles. The summed E-state index contributed by atoms with van der Waals surface area (Å²) in [7, 11) is 0. The molecule has 18 heavy (non-hydrogen) atoms. The molecule has 1 fully saturated rings. The lowest BCUT2D eigenvalue weighted by Crippen LogP contribution is -2.28. The number of carbonyl (C=O) groups excluding carboxylic acids is 1. The van der Waals surface area contributed by atoms with Gasteiger partial charge in [0, 0.05) is 24.0 Å². The molecule has 6 heteroatoms. The fourth-order valence-corrected chi connectivity index (χ4v) is 2.85. The highest BCUT2D eigenvalue weighted by Gasteiger charge is 2.24. The van der Waals surface area contributed by atoms with Crippen LogP contribution in [0.1, 0.15) is 28.1 Å². The lowest BCUT2D eigenvalue weighted by atomic mass is 9.99. The van der Waals surface area contributed by atoms with Gasteiger partial charge in [0.2, 0.25) is 5.91 Å². The smallest absolute Gasteiger partial charge is 0.338 e. The summed E-state index contributed by atoms with van der Waals surface area (Å²) in [6.07, 6.45) is 1.39. The second kappa shape index (κ2) is 5.49. The van der Waals surface area contributed by atoms with Crippen molar-refractivity contribution < 1.29 is 19.4 Å². The SMILES string of the molecule is Cc1cc(C(=O)O)c(NC(=O)C2CCOCC2)s1.